The topological polar surface area (TPSA) is 70.6 Å². The molecule has 0 saturated heterocycles. The number of aliphatic hydroxyl groups excluding tert-OH is 1. The van der Waals surface area contributed by atoms with E-state index >= 15 is 0 Å². The van der Waals surface area contributed by atoms with Gasteiger partial charge in [-0.05, 0) is 48.9 Å². The van der Waals surface area contributed by atoms with E-state index in [1.54, 1.807) is 12.1 Å². The third-order valence-electron chi connectivity index (χ3n) is 4.01. The summed E-state index contributed by atoms with van der Waals surface area (Å²) >= 11 is 0. The van der Waals surface area contributed by atoms with Crippen molar-refractivity contribution in [2.75, 3.05) is 6.61 Å². The lowest BCUT2D eigenvalue weighted by Crippen LogP contribution is -2.45. The first kappa shape index (κ1) is 17.5. The summed E-state index contributed by atoms with van der Waals surface area (Å²) in [6.07, 6.45) is 3.04. The quantitative estimate of drug-likeness (QED) is 0.752. The highest BCUT2D eigenvalue weighted by Crippen LogP contribution is 2.32. The van der Waals surface area contributed by atoms with Crippen molar-refractivity contribution in [1.82, 2.24) is 10.6 Å². The molecule has 0 radical (unpaired) electrons. The van der Waals surface area contributed by atoms with Gasteiger partial charge < -0.3 is 20.5 Å². The molecule has 2 atom stereocenters. The zero-order chi connectivity index (χ0) is 16.8. The van der Waals surface area contributed by atoms with Crippen molar-refractivity contribution < 1.29 is 23.4 Å². The van der Waals surface area contributed by atoms with Crippen LogP contribution in [-0.4, -0.2) is 30.4 Å². The second kappa shape index (κ2) is 8.10. The summed E-state index contributed by atoms with van der Waals surface area (Å²) < 4.78 is 29.0. The van der Waals surface area contributed by atoms with E-state index in [1.807, 2.05) is 6.92 Å². The molecule has 0 aromatic heterocycles. The Morgan fingerprint density at radius 2 is 2.26 bits per heavy atom. The van der Waals surface area contributed by atoms with Crippen LogP contribution >= 0.6 is 0 Å². The van der Waals surface area contributed by atoms with Gasteiger partial charge in [0.1, 0.15) is 5.75 Å². The number of urea groups is 1. The minimum Gasteiger partial charge on any atom is -0.435 e. The number of aryl methyl sites for hydroxylation is 1. The van der Waals surface area contributed by atoms with Crippen molar-refractivity contribution in [3.05, 3.63) is 29.3 Å². The molecule has 0 spiro atoms. The van der Waals surface area contributed by atoms with E-state index in [-0.39, 0.29) is 30.5 Å². The fraction of sp³-hybridized carbons (Fsp3) is 0.562. The monoisotopic (exact) mass is 328 g/mol. The number of hydrogen-bond donors (Lipinski definition) is 3. The zero-order valence-electron chi connectivity index (χ0n) is 13.0. The number of alkyl halides is 2. The zero-order valence-corrected chi connectivity index (χ0v) is 13.0. The van der Waals surface area contributed by atoms with Crippen LogP contribution in [0.2, 0.25) is 0 Å². The summed E-state index contributed by atoms with van der Waals surface area (Å²) in [4.78, 5) is 12.0. The lowest BCUT2D eigenvalue weighted by atomic mass is 9.87. The number of halogens is 2. The third-order valence-corrected chi connectivity index (χ3v) is 4.01. The van der Waals surface area contributed by atoms with Gasteiger partial charge in [-0.2, -0.15) is 8.78 Å². The van der Waals surface area contributed by atoms with Gasteiger partial charge in [-0.1, -0.05) is 13.0 Å². The predicted octanol–water partition coefficient (Wildman–Crippen LogP) is 2.74. The molecule has 7 heteroatoms. The number of fused-ring (bicyclic) bond motifs is 1. The fourth-order valence-corrected chi connectivity index (χ4v) is 2.78. The van der Waals surface area contributed by atoms with E-state index in [2.05, 4.69) is 15.4 Å². The molecule has 0 saturated carbocycles. The first-order valence-corrected chi connectivity index (χ1v) is 7.79. The first-order valence-electron chi connectivity index (χ1n) is 7.79. The Balaban J connectivity index is 2.05. The highest BCUT2D eigenvalue weighted by Gasteiger charge is 2.23. The van der Waals surface area contributed by atoms with Gasteiger partial charge in [0.25, 0.3) is 0 Å². The first-order chi connectivity index (χ1) is 11.0. The van der Waals surface area contributed by atoms with Gasteiger partial charge in [0.05, 0.1) is 18.7 Å². The van der Waals surface area contributed by atoms with Crippen LogP contribution in [-0.2, 0) is 6.42 Å². The van der Waals surface area contributed by atoms with Gasteiger partial charge in [0, 0.05) is 0 Å². The molecule has 3 N–H and O–H groups in total. The fourth-order valence-electron chi connectivity index (χ4n) is 2.78. The maximum atomic E-state index is 12.3. The summed E-state index contributed by atoms with van der Waals surface area (Å²) in [5, 5.41) is 14.7. The van der Waals surface area contributed by atoms with Gasteiger partial charge in [-0.15, -0.1) is 0 Å². The summed E-state index contributed by atoms with van der Waals surface area (Å²) in [5.41, 5.74) is 1.83. The number of amides is 2. The van der Waals surface area contributed by atoms with Crippen molar-refractivity contribution in [3.8, 4) is 5.75 Å². The van der Waals surface area contributed by atoms with Crippen molar-refractivity contribution in [3.63, 3.8) is 0 Å². The molecule has 1 aliphatic carbocycles. The number of aliphatic hydroxyl groups is 1. The summed E-state index contributed by atoms with van der Waals surface area (Å²) in [7, 11) is 0. The molecule has 1 aromatic carbocycles. The Hall–Kier alpha value is -1.89. The number of rotatable bonds is 6. The summed E-state index contributed by atoms with van der Waals surface area (Å²) in [6.45, 7) is -1.08. The van der Waals surface area contributed by atoms with Gasteiger partial charge in [0.2, 0.25) is 0 Å². The van der Waals surface area contributed by atoms with Crippen LogP contribution in [0.1, 0.15) is 43.4 Å². The highest BCUT2D eigenvalue weighted by molar-refractivity contribution is 5.75. The Kier molecular flexibility index (Phi) is 6.15. The van der Waals surface area contributed by atoms with Gasteiger partial charge in [-0.3, -0.25) is 0 Å². The molecule has 0 fully saturated rings. The number of carbonyl (C=O) groups excluding carboxylic acids is 1. The van der Waals surface area contributed by atoms with E-state index in [9.17, 15) is 13.6 Å². The van der Waals surface area contributed by atoms with E-state index in [0.717, 1.165) is 30.4 Å². The van der Waals surface area contributed by atoms with Crippen molar-refractivity contribution in [2.45, 2.75) is 51.3 Å². The Morgan fingerprint density at radius 1 is 1.48 bits per heavy atom. The molecule has 128 valence electrons. The molecule has 5 nitrogen and oxygen atoms in total. The lowest BCUT2D eigenvalue weighted by Gasteiger charge is -2.27. The highest BCUT2D eigenvalue weighted by atomic mass is 19.3. The molecule has 23 heavy (non-hydrogen) atoms. The minimum absolute atomic E-state index is 0.112. The van der Waals surface area contributed by atoms with Crippen LogP contribution < -0.4 is 15.4 Å². The molecular weight excluding hydrogens is 306 g/mol. The predicted molar refractivity (Wildman–Crippen MR) is 81.6 cm³/mol. The van der Waals surface area contributed by atoms with Crippen LogP contribution in [0.15, 0.2) is 18.2 Å². The second-order valence-electron chi connectivity index (χ2n) is 5.59. The van der Waals surface area contributed by atoms with Crippen molar-refractivity contribution >= 4 is 6.03 Å². The molecular formula is C16H22F2N2O3. The van der Waals surface area contributed by atoms with Crippen molar-refractivity contribution in [2.24, 2.45) is 0 Å². The lowest BCUT2D eigenvalue weighted by molar-refractivity contribution is -0.0499. The SMILES string of the molecule is CCC(CO)NC(=O)NC1CCCc2cc(OC(F)F)ccc21. The molecule has 0 bridgehead atoms. The Labute approximate surface area is 134 Å². The largest absolute Gasteiger partial charge is 0.435 e. The average Bonchev–Trinajstić information content (AvgIpc) is 2.52. The van der Waals surface area contributed by atoms with E-state index < -0.39 is 6.61 Å². The van der Waals surface area contributed by atoms with E-state index in [4.69, 9.17) is 5.11 Å². The van der Waals surface area contributed by atoms with Crippen molar-refractivity contribution in [1.29, 1.82) is 0 Å². The molecule has 2 rings (SSSR count). The number of carbonyl (C=O) groups is 1. The number of benzene rings is 1. The average molecular weight is 328 g/mol. The Bertz CT molecular complexity index is 536. The molecule has 0 heterocycles. The van der Waals surface area contributed by atoms with E-state index in [0.29, 0.717) is 6.42 Å². The van der Waals surface area contributed by atoms with Crippen LogP contribution in [0.25, 0.3) is 0 Å². The third kappa shape index (κ3) is 4.79. The second-order valence-corrected chi connectivity index (χ2v) is 5.59. The number of ether oxygens (including phenoxy) is 1. The van der Waals surface area contributed by atoms with Crippen LogP contribution in [0.5, 0.6) is 5.75 Å². The maximum absolute atomic E-state index is 12.3. The minimum atomic E-state index is -2.85. The molecule has 0 aliphatic heterocycles. The number of hydrogen-bond acceptors (Lipinski definition) is 3. The van der Waals surface area contributed by atoms with Crippen LogP contribution in [0.4, 0.5) is 13.6 Å². The molecule has 1 aliphatic rings. The summed E-state index contributed by atoms with van der Waals surface area (Å²) in [5.74, 6) is 0.134. The number of nitrogens with one attached hydrogen (secondary N) is 2. The molecule has 2 amide bonds. The maximum Gasteiger partial charge on any atom is 0.387 e. The van der Waals surface area contributed by atoms with Gasteiger partial charge in [-0.25, -0.2) is 4.79 Å². The van der Waals surface area contributed by atoms with Crippen LogP contribution in [0.3, 0.4) is 0 Å². The summed E-state index contributed by atoms with van der Waals surface area (Å²) in [6, 6.07) is 4.04. The van der Waals surface area contributed by atoms with Crippen LogP contribution in [0, 0.1) is 0 Å². The van der Waals surface area contributed by atoms with Gasteiger partial charge in [0.15, 0.2) is 0 Å². The molecule has 2 unspecified atom stereocenters. The normalized spacial score (nSPS) is 18.2. The van der Waals surface area contributed by atoms with E-state index in [1.165, 1.54) is 6.07 Å². The smallest absolute Gasteiger partial charge is 0.387 e. The molecule has 1 aromatic rings. The Morgan fingerprint density at radius 3 is 2.91 bits per heavy atom. The standard InChI is InChI=1S/C16H22F2N2O3/c1-2-11(9-21)19-16(22)20-14-5-3-4-10-8-12(23-15(17)18)6-7-13(10)14/h6-8,11,14-15,21H,2-5,9H2,1H3,(H2,19,20,22). The van der Waals surface area contributed by atoms with Gasteiger partial charge >= 0.3 is 12.6 Å².